The second-order valence-corrected chi connectivity index (χ2v) is 23.0. The Morgan fingerprint density at radius 2 is 1.52 bits per heavy atom. The van der Waals surface area contributed by atoms with E-state index in [2.05, 4.69) is 38.0 Å². The molecule has 6 heteroatoms. The minimum atomic E-state index is -2.56. The van der Waals surface area contributed by atoms with Crippen molar-refractivity contribution in [1.29, 1.82) is 0 Å². The maximum atomic E-state index is 6.24. The van der Waals surface area contributed by atoms with Crippen LogP contribution in [-0.4, -0.2) is 38.3 Å². The van der Waals surface area contributed by atoms with Gasteiger partial charge in [0.2, 0.25) is 0 Å². The average molecular weight is 574 g/mol. The van der Waals surface area contributed by atoms with Crippen molar-refractivity contribution < 1.29 is 0 Å². The van der Waals surface area contributed by atoms with Gasteiger partial charge in [-0.25, -0.2) is 0 Å². The third kappa shape index (κ3) is 6.60. The summed E-state index contributed by atoms with van der Waals surface area (Å²) in [6.07, 6.45) is 9.94. The molecule has 0 bridgehead atoms. The van der Waals surface area contributed by atoms with E-state index >= 15 is 0 Å². The van der Waals surface area contributed by atoms with Crippen LogP contribution in [0.1, 0.15) is 70.6 Å². The number of unbranched alkanes of at least 4 members (excludes halogenated alkanes) is 3. The first kappa shape index (κ1) is 26.2. The van der Waals surface area contributed by atoms with E-state index in [1.54, 1.807) is 0 Å². The number of nitrogens with one attached hydrogen (secondary N) is 1. The molecular weight excluding hydrogens is 534 g/mol. The number of rotatable bonds is 12. The van der Waals surface area contributed by atoms with Gasteiger partial charge in [0, 0.05) is 0 Å². The van der Waals surface area contributed by atoms with Crippen LogP contribution in [0.2, 0.25) is 18.3 Å². The zero-order valence-electron chi connectivity index (χ0n) is 21.0. The van der Waals surface area contributed by atoms with E-state index < -0.39 is 18.4 Å². The fourth-order valence-electron chi connectivity index (χ4n) is 4.66. The van der Waals surface area contributed by atoms with Gasteiger partial charge in [0.05, 0.1) is 0 Å². The van der Waals surface area contributed by atoms with Crippen LogP contribution in [0.5, 0.6) is 0 Å². The second kappa shape index (κ2) is 12.3. The van der Waals surface area contributed by atoms with E-state index in [4.69, 9.17) is 26.6 Å². The molecule has 0 aliphatic carbocycles. The first-order chi connectivity index (χ1) is 15.9. The van der Waals surface area contributed by atoms with Crippen LogP contribution in [0.4, 0.5) is 0 Å². The molecule has 4 nitrogen and oxygen atoms in total. The zero-order valence-corrected chi connectivity index (χ0v) is 24.6. The zero-order chi connectivity index (χ0) is 23.8. The van der Waals surface area contributed by atoms with E-state index in [0.29, 0.717) is 5.82 Å². The molecule has 2 heterocycles. The van der Waals surface area contributed by atoms with Gasteiger partial charge in [0.1, 0.15) is 0 Å². The molecule has 2 aromatic heterocycles. The molecular formula is C27H39ClN4Sn. The van der Waals surface area contributed by atoms with Crippen LogP contribution in [-0.2, 0) is 0 Å². The van der Waals surface area contributed by atoms with Crippen LogP contribution < -0.4 is 3.71 Å². The van der Waals surface area contributed by atoms with Crippen LogP contribution in [0.3, 0.4) is 0 Å². The third-order valence-electron chi connectivity index (χ3n) is 6.69. The summed E-state index contributed by atoms with van der Waals surface area (Å²) in [5.41, 5.74) is 3.96. The molecule has 3 aromatic rings. The van der Waals surface area contributed by atoms with Gasteiger partial charge >= 0.3 is 210 Å². The number of aromatic nitrogens is 4. The van der Waals surface area contributed by atoms with Crippen molar-refractivity contribution in [1.82, 2.24) is 19.9 Å². The van der Waals surface area contributed by atoms with Crippen molar-refractivity contribution >= 4 is 33.7 Å². The van der Waals surface area contributed by atoms with Gasteiger partial charge in [-0.2, -0.15) is 0 Å². The van der Waals surface area contributed by atoms with Crippen molar-refractivity contribution in [3.05, 3.63) is 46.7 Å². The number of halogens is 1. The molecule has 178 valence electrons. The maximum absolute atomic E-state index is 6.24. The summed E-state index contributed by atoms with van der Waals surface area (Å²) in [4.78, 5) is 18.2. The van der Waals surface area contributed by atoms with Gasteiger partial charge in [-0.05, 0) is 0 Å². The summed E-state index contributed by atoms with van der Waals surface area (Å²) in [5.74, 6) is 1.50. The topological polar surface area (TPSA) is 54.5 Å². The number of nitrogens with zero attached hydrogens (tertiary/aromatic N) is 3. The molecule has 0 aliphatic heterocycles. The first-order valence-electron chi connectivity index (χ1n) is 12.6. The minimum absolute atomic E-state index is 0.686. The van der Waals surface area contributed by atoms with Gasteiger partial charge in [0.15, 0.2) is 0 Å². The van der Waals surface area contributed by atoms with Gasteiger partial charge in [-0.1, -0.05) is 0 Å². The Kier molecular flexibility index (Phi) is 9.80. The van der Waals surface area contributed by atoms with Crippen molar-refractivity contribution in [2.45, 2.75) is 86.5 Å². The monoisotopic (exact) mass is 574 g/mol. The quantitative estimate of drug-likeness (QED) is 0.224. The van der Waals surface area contributed by atoms with E-state index in [-0.39, 0.29) is 0 Å². The molecule has 0 spiro atoms. The summed E-state index contributed by atoms with van der Waals surface area (Å²) >= 11 is 3.68. The molecule has 33 heavy (non-hydrogen) atoms. The van der Waals surface area contributed by atoms with Crippen LogP contribution in [0.25, 0.3) is 22.9 Å². The van der Waals surface area contributed by atoms with Crippen LogP contribution in [0, 0.1) is 13.8 Å². The number of benzene rings is 1. The van der Waals surface area contributed by atoms with Crippen molar-refractivity contribution in [3.63, 3.8) is 0 Å². The van der Waals surface area contributed by atoms with Gasteiger partial charge in [-0.15, -0.1) is 0 Å². The van der Waals surface area contributed by atoms with Crippen LogP contribution in [0.15, 0.2) is 30.5 Å². The Balaban J connectivity index is 2.00. The molecule has 0 unspecified atom stereocenters. The number of hydrogen-bond donors (Lipinski definition) is 1. The number of H-pyrrole nitrogens is 1. The predicted molar refractivity (Wildman–Crippen MR) is 144 cm³/mol. The van der Waals surface area contributed by atoms with E-state index in [9.17, 15) is 0 Å². The number of hydrogen-bond acceptors (Lipinski definition) is 3. The Bertz CT molecular complexity index is 1020. The van der Waals surface area contributed by atoms with Gasteiger partial charge < -0.3 is 0 Å². The van der Waals surface area contributed by atoms with Crippen molar-refractivity contribution in [2.24, 2.45) is 0 Å². The molecule has 0 aliphatic rings. The van der Waals surface area contributed by atoms with E-state index in [0.717, 1.165) is 33.4 Å². The van der Waals surface area contributed by atoms with Gasteiger partial charge in [-0.3, -0.25) is 0 Å². The Morgan fingerprint density at radius 3 is 2.09 bits per heavy atom. The number of aromatic amines is 1. The normalized spacial score (nSPS) is 11.8. The SMILES string of the molecule is CCC[CH2][Sn]([CH2]CCC)([CH2]CCC)[c]1cnc(-c2nc(C)cc(-c3ccc(Cl)c(C)c3)n2)[nH]1. The standard InChI is InChI=1S/C15H12ClN4.3C4H9.Sn/c1-9-7-11(3-4-12(9)16)13-8-10(2)19-15(20-13)14-17-5-6-18-14;3*1-3-4-2;/h3-5,7-8H,1-2H3,(H,17,18);3*1,3-4H2,2H3;. The molecule has 1 N–H and O–H groups in total. The average Bonchev–Trinajstić information content (AvgIpc) is 3.31. The summed E-state index contributed by atoms with van der Waals surface area (Å²) < 4.78 is 5.70. The summed E-state index contributed by atoms with van der Waals surface area (Å²) in [6.45, 7) is 11.0. The molecule has 0 atom stereocenters. The third-order valence-corrected chi connectivity index (χ3v) is 22.3. The fourth-order valence-corrected chi connectivity index (χ4v) is 20.1. The second-order valence-electron chi connectivity index (χ2n) is 9.42. The van der Waals surface area contributed by atoms with Crippen molar-refractivity contribution in [2.75, 3.05) is 0 Å². The molecule has 0 radical (unpaired) electrons. The Hall–Kier alpha value is -1.40. The summed E-state index contributed by atoms with van der Waals surface area (Å²) in [6, 6.07) is 8.08. The number of imidazole rings is 1. The van der Waals surface area contributed by atoms with Gasteiger partial charge in [0.25, 0.3) is 0 Å². The summed E-state index contributed by atoms with van der Waals surface area (Å²) in [7, 11) is 0. The molecule has 0 saturated heterocycles. The molecule has 0 fully saturated rings. The predicted octanol–water partition coefficient (Wildman–Crippen LogP) is 7.86. The Morgan fingerprint density at radius 1 is 0.879 bits per heavy atom. The van der Waals surface area contributed by atoms with E-state index in [1.807, 2.05) is 32.0 Å². The van der Waals surface area contributed by atoms with E-state index in [1.165, 1.54) is 55.5 Å². The first-order valence-corrected chi connectivity index (χ1v) is 20.5. The Labute approximate surface area is 208 Å². The summed E-state index contributed by atoms with van der Waals surface area (Å²) in [5, 5.41) is 0.774. The van der Waals surface area contributed by atoms with Crippen molar-refractivity contribution in [3.8, 4) is 22.9 Å². The van der Waals surface area contributed by atoms with Crippen LogP contribution >= 0.6 is 11.6 Å². The molecule has 1 aromatic carbocycles. The fraction of sp³-hybridized carbons (Fsp3) is 0.519. The number of aryl methyl sites for hydroxylation is 2. The molecule has 3 rings (SSSR count). The molecule has 0 amide bonds. The molecule has 0 saturated carbocycles.